The van der Waals surface area contributed by atoms with E-state index in [0.29, 0.717) is 5.82 Å². The SMILES string of the molecule is CC(C)c1c(NN)ncnc1NCC1(C)CCCO1. The number of hydrogen-bond donors (Lipinski definition) is 3. The Hall–Kier alpha value is -1.40. The van der Waals surface area contributed by atoms with Gasteiger partial charge in [0.05, 0.1) is 5.60 Å². The van der Waals surface area contributed by atoms with Crippen molar-refractivity contribution in [2.45, 2.75) is 45.1 Å². The number of nitrogens with two attached hydrogens (primary N) is 1. The van der Waals surface area contributed by atoms with E-state index in [2.05, 4.69) is 41.5 Å². The lowest BCUT2D eigenvalue weighted by Gasteiger charge is -2.25. The number of ether oxygens (including phenoxy) is 1. The Morgan fingerprint density at radius 1 is 1.42 bits per heavy atom. The molecule has 1 saturated heterocycles. The van der Waals surface area contributed by atoms with Gasteiger partial charge in [-0.25, -0.2) is 15.8 Å². The molecule has 4 N–H and O–H groups in total. The van der Waals surface area contributed by atoms with E-state index in [9.17, 15) is 0 Å². The molecule has 0 aliphatic carbocycles. The Bertz CT molecular complexity index is 429. The van der Waals surface area contributed by atoms with E-state index >= 15 is 0 Å². The molecule has 19 heavy (non-hydrogen) atoms. The number of aromatic nitrogens is 2. The molecule has 0 spiro atoms. The molecule has 1 aromatic heterocycles. The third kappa shape index (κ3) is 3.13. The first-order valence-electron chi connectivity index (χ1n) is 6.75. The molecule has 1 fully saturated rings. The average Bonchev–Trinajstić information content (AvgIpc) is 2.83. The summed E-state index contributed by atoms with van der Waals surface area (Å²) in [5.74, 6) is 7.29. The number of hydrogen-bond acceptors (Lipinski definition) is 6. The molecule has 0 aromatic carbocycles. The Morgan fingerprint density at radius 2 is 2.16 bits per heavy atom. The van der Waals surface area contributed by atoms with Crippen LogP contribution in [0.1, 0.15) is 45.1 Å². The Labute approximate surface area is 114 Å². The molecule has 0 bridgehead atoms. The molecule has 2 rings (SSSR count). The van der Waals surface area contributed by atoms with Crippen molar-refractivity contribution in [2.24, 2.45) is 5.84 Å². The molecule has 6 nitrogen and oxygen atoms in total. The van der Waals surface area contributed by atoms with E-state index < -0.39 is 0 Å². The number of nitrogens with zero attached hydrogens (tertiary/aromatic N) is 2. The van der Waals surface area contributed by atoms with E-state index in [-0.39, 0.29) is 11.5 Å². The van der Waals surface area contributed by atoms with Crippen molar-refractivity contribution in [3.63, 3.8) is 0 Å². The third-order valence-electron chi connectivity index (χ3n) is 3.53. The van der Waals surface area contributed by atoms with Gasteiger partial charge >= 0.3 is 0 Å². The van der Waals surface area contributed by atoms with Gasteiger partial charge in [0.25, 0.3) is 0 Å². The van der Waals surface area contributed by atoms with E-state index in [4.69, 9.17) is 10.6 Å². The Balaban J connectivity index is 2.15. The summed E-state index contributed by atoms with van der Waals surface area (Å²) in [6.45, 7) is 7.91. The van der Waals surface area contributed by atoms with Crippen molar-refractivity contribution < 1.29 is 4.74 Å². The maximum Gasteiger partial charge on any atom is 0.148 e. The summed E-state index contributed by atoms with van der Waals surface area (Å²) in [6, 6.07) is 0. The fourth-order valence-corrected chi connectivity index (χ4v) is 2.45. The van der Waals surface area contributed by atoms with E-state index in [1.807, 2.05) is 0 Å². The van der Waals surface area contributed by atoms with Crippen LogP contribution in [0.5, 0.6) is 0 Å². The lowest BCUT2D eigenvalue weighted by atomic mass is 10.0. The summed E-state index contributed by atoms with van der Waals surface area (Å²) in [6.07, 6.45) is 3.71. The molecule has 1 unspecified atom stereocenters. The van der Waals surface area contributed by atoms with E-state index in [1.165, 1.54) is 6.33 Å². The zero-order chi connectivity index (χ0) is 13.9. The van der Waals surface area contributed by atoms with Crippen molar-refractivity contribution in [1.82, 2.24) is 9.97 Å². The lowest BCUT2D eigenvalue weighted by molar-refractivity contribution is 0.0314. The second-order valence-corrected chi connectivity index (χ2v) is 5.54. The van der Waals surface area contributed by atoms with Crippen molar-refractivity contribution >= 4 is 11.6 Å². The largest absolute Gasteiger partial charge is 0.373 e. The fourth-order valence-electron chi connectivity index (χ4n) is 2.45. The number of anilines is 2. The van der Waals surface area contributed by atoms with Crippen molar-refractivity contribution in [3.8, 4) is 0 Å². The van der Waals surface area contributed by atoms with Crippen LogP contribution >= 0.6 is 0 Å². The van der Waals surface area contributed by atoms with Crippen LogP contribution in [0, 0.1) is 0 Å². The monoisotopic (exact) mass is 265 g/mol. The molecular weight excluding hydrogens is 242 g/mol. The summed E-state index contributed by atoms with van der Waals surface area (Å²) in [5, 5.41) is 3.38. The fraction of sp³-hybridized carbons (Fsp3) is 0.692. The zero-order valence-corrected chi connectivity index (χ0v) is 11.9. The van der Waals surface area contributed by atoms with Crippen LogP contribution in [0.4, 0.5) is 11.6 Å². The minimum Gasteiger partial charge on any atom is -0.373 e. The van der Waals surface area contributed by atoms with E-state index in [0.717, 1.165) is 37.4 Å². The van der Waals surface area contributed by atoms with Gasteiger partial charge in [0, 0.05) is 18.7 Å². The normalized spacial score (nSPS) is 22.8. The Morgan fingerprint density at radius 3 is 2.74 bits per heavy atom. The highest BCUT2D eigenvalue weighted by Crippen LogP contribution is 2.30. The highest BCUT2D eigenvalue weighted by Gasteiger charge is 2.30. The smallest absolute Gasteiger partial charge is 0.148 e. The molecule has 2 heterocycles. The quantitative estimate of drug-likeness (QED) is 0.556. The van der Waals surface area contributed by atoms with Gasteiger partial charge in [-0.1, -0.05) is 13.8 Å². The third-order valence-corrected chi connectivity index (χ3v) is 3.53. The van der Waals surface area contributed by atoms with Crippen LogP contribution in [0.3, 0.4) is 0 Å². The summed E-state index contributed by atoms with van der Waals surface area (Å²) < 4.78 is 5.77. The molecule has 1 aliphatic rings. The first-order chi connectivity index (χ1) is 9.06. The molecule has 0 amide bonds. The van der Waals surface area contributed by atoms with Crippen molar-refractivity contribution in [1.29, 1.82) is 0 Å². The summed E-state index contributed by atoms with van der Waals surface area (Å²) in [7, 11) is 0. The van der Waals surface area contributed by atoms with E-state index in [1.54, 1.807) is 0 Å². The molecular formula is C13H23N5O. The predicted molar refractivity (Wildman–Crippen MR) is 76.0 cm³/mol. The second kappa shape index (κ2) is 5.71. The zero-order valence-electron chi connectivity index (χ0n) is 11.9. The average molecular weight is 265 g/mol. The highest BCUT2D eigenvalue weighted by atomic mass is 16.5. The van der Waals surface area contributed by atoms with Gasteiger partial charge < -0.3 is 15.5 Å². The summed E-state index contributed by atoms with van der Waals surface area (Å²) >= 11 is 0. The first kappa shape index (κ1) is 14.0. The van der Waals surface area contributed by atoms with Gasteiger partial charge in [0.1, 0.15) is 18.0 Å². The second-order valence-electron chi connectivity index (χ2n) is 5.54. The first-order valence-corrected chi connectivity index (χ1v) is 6.75. The van der Waals surface area contributed by atoms with Gasteiger partial charge in [-0.15, -0.1) is 0 Å². The van der Waals surface area contributed by atoms with Gasteiger partial charge in [-0.05, 0) is 25.7 Å². The highest BCUT2D eigenvalue weighted by molar-refractivity contribution is 5.58. The van der Waals surface area contributed by atoms with Crippen LogP contribution in [0.15, 0.2) is 6.33 Å². The van der Waals surface area contributed by atoms with Crippen LogP contribution < -0.4 is 16.6 Å². The summed E-state index contributed by atoms with van der Waals surface area (Å²) in [5.41, 5.74) is 3.54. The maximum atomic E-state index is 5.77. The molecule has 6 heteroatoms. The Kier molecular flexibility index (Phi) is 4.21. The minimum absolute atomic E-state index is 0.102. The topological polar surface area (TPSA) is 85.1 Å². The van der Waals surface area contributed by atoms with Gasteiger partial charge in [0.2, 0.25) is 0 Å². The van der Waals surface area contributed by atoms with Crippen LogP contribution in [-0.2, 0) is 4.74 Å². The van der Waals surface area contributed by atoms with Gasteiger partial charge in [-0.2, -0.15) is 0 Å². The predicted octanol–water partition coefficient (Wildman–Crippen LogP) is 1.87. The lowest BCUT2D eigenvalue weighted by Crippen LogP contribution is -2.33. The minimum atomic E-state index is -0.102. The van der Waals surface area contributed by atoms with Crippen molar-refractivity contribution in [3.05, 3.63) is 11.9 Å². The van der Waals surface area contributed by atoms with Crippen LogP contribution in [0.25, 0.3) is 0 Å². The number of hydrazine groups is 1. The molecule has 1 atom stereocenters. The molecule has 1 aliphatic heterocycles. The van der Waals surface area contributed by atoms with Crippen LogP contribution in [0.2, 0.25) is 0 Å². The number of nitrogen functional groups attached to an aromatic ring is 1. The van der Waals surface area contributed by atoms with Gasteiger partial charge in [-0.3, -0.25) is 0 Å². The molecule has 1 aromatic rings. The number of rotatable bonds is 5. The summed E-state index contributed by atoms with van der Waals surface area (Å²) in [4.78, 5) is 8.48. The molecule has 0 saturated carbocycles. The van der Waals surface area contributed by atoms with Crippen molar-refractivity contribution in [2.75, 3.05) is 23.9 Å². The van der Waals surface area contributed by atoms with Crippen LogP contribution in [-0.4, -0.2) is 28.7 Å². The van der Waals surface area contributed by atoms with Gasteiger partial charge in [0.15, 0.2) is 0 Å². The molecule has 106 valence electrons. The number of nitrogens with one attached hydrogen (secondary N) is 2. The standard InChI is InChI=1S/C13H23N5O/c1-9(2)10-11(16-8-17-12(10)18-14)15-7-13(3)5-4-6-19-13/h8-9H,4-7,14H2,1-3H3,(H2,15,16,17,18). The molecule has 0 radical (unpaired) electrons. The maximum absolute atomic E-state index is 5.77.